The minimum Gasteiger partial charge on any atom is -0.508 e. The number of rotatable bonds is 6. The summed E-state index contributed by atoms with van der Waals surface area (Å²) in [6, 6.07) is 8.62. The molecule has 11 nitrogen and oxygen atoms in total. The number of hydrogen-bond donors (Lipinski definition) is 3. The molecule has 0 spiro atoms. The van der Waals surface area contributed by atoms with Crippen molar-refractivity contribution in [3.8, 4) is 11.5 Å². The van der Waals surface area contributed by atoms with Gasteiger partial charge in [-0.2, -0.15) is 0 Å². The molecule has 1 aromatic heterocycles. The van der Waals surface area contributed by atoms with Gasteiger partial charge in [-0.3, -0.25) is 4.79 Å². The first-order valence-corrected chi connectivity index (χ1v) is 12.5. The molecule has 192 valence electrons. The van der Waals surface area contributed by atoms with Crippen molar-refractivity contribution in [2.75, 3.05) is 19.5 Å². The van der Waals surface area contributed by atoms with Crippen LogP contribution in [0.1, 0.15) is 27.0 Å². The molecule has 0 aliphatic heterocycles. The molecule has 37 heavy (non-hydrogen) atoms. The van der Waals surface area contributed by atoms with E-state index in [9.17, 15) is 23.1 Å². The maximum absolute atomic E-state index is 13.3. The van der Waals surface area contributed by atoms with Crippen LogP contribution in [0.15, 0.2) is 46.1 Å². The van der Waals surface area contributed by atoms with Crippen molar-refractivity contribution in [2.24, 2.45) is 5.14 Å². The summed E-state index contributed by atoms with van der Waals surface area (Å²) in [5, 5.41) is 19.2. The van der Waals surface area contributed by atoms with Crippen LogP contribution in [-0.4, -0.2) is 43.7 Å². The number of hydrogen-bond acceptors (Lipinski definition) is 10. The van der Waals surface area contributed by atoms with Crippen LogP contribution in [-0.2, 0) is 21.3 Å². The van der Waals surface area contributed by atoms with Crippen molar-refractivity contribution in [3.63, 3.8) is 0 Å². The molecule has 1 heterocycles. The topological polar surface area (TPSA) is 171 Å². The van der Waals surface area contributed by atoms with Crippen LogP contribution in [0.3, 0.4) is 0 Å². The number of primary sulfonamides is 1. The number of esters is 1. The first-order chi connectivity index (χ1) is 17.5. The van der Waals surface area contributed by atoms with E-state index in [0.29, 0.717) is 22.6 Å². The number of aromatic nitrogens is 2. The summed E-state index contributed by atoms with van der Waals surface area (Å²) in [6.07, 6.45) is 0. The SMILES string of the molecule is COC(=O)c1cc(OC)c(C)c2nc(=O)c3c(C)cc(O)c(CNc4ccc(S(N)(=O)=O)cc4)c3nc12. The third-order valence-electron chi connectivity index (χ3n) is 5.99. The Morgan fingerprint density at radius 1 is 1.05 bits per heavy atom. The van der Waals surface area contributed by atoms with E-state index in [2.05, 4.69) is 15.3 Å². The van der Waals surface area contributed by atoms with Gasteiger partial charge in [-0.05, 0) is 55.8 Å². The number of phenolic OH excluding ortho intramolecular Hbond substituents is 1. The molecule has 12 heteroatoms. The average Bonchev–Trinajstić information content (AvgIpc) is 3.00. The lowest BCUT2D eigenvalue weighted by molar-refractivity contribution is 0.0602. The first kappa shape index (κ1) is 25.8. The number of carbonyl (C=O) groups excluding carboxylic acids is 1. The third-order valence-corrected chi connectivity index (χ3v) is 6.92. The Hall–Kier alpha value is -4.29. The van der Waals surface area contributed by atoms with E-state index in [0.717, 1.165) is 0 Å². The Labute approximate surface area is 211 Å². The van der Waals surface area contributed by atoms with E-state index in [-0.39, 0.29) is 50.3 Å². The molecule has 0 aliphatic rings. The molecule has 0 aliphatic carbocycles. The molecule has 0 saturated heterocycles. The average molecular weight is 525 g/mol. The van der Waals surface area contributed by atoms with Gasteiger partial charge in [0, 0.05) is 23.4 Å². The molecule has 0 amide bonds. The highest BCUT2D eigenvalue weighted by atomic mass is 32.2. The van der Waals surface area contributed by atoms with E-state index >= 15 is 0 Å². The van der Waals surface area contributed by atoms with Gasteiger partial charge in [-0.25, -0.2) is 28.3 Å². The lowest BCUT2D eigenvalue weighted by atomic mass is 10.0. The number of aromatic hydroxyl groups is 1. The van der Waals surface area contributed by atoms with Gasteiger partial charge in [0.1, 0.15) is 22.5 Å². The Morgan fingerprint density at radius 3 is 2.32 bits per heavy atom. The summed E-state index contributed by atoms with van der Waals surface area (Å²) >= 11 is 0. The largest absolute Gasteiger partial charge is 0.508 e. The number of nitrogens with two attached hydrogens (primary N) is 1. The van der Waals surface area contributed by atoms with Crippen molar-refractivity contribution < 1.29 is 27.8 Å². The van der Waals surface area contributed by atoms with Crippen LogP contribution in [0.2, 0.25) is 0 Å². The second kappa shape index (κ2) is 9.64. The number of nitrogens with zero attached hydrogens (tertiary/aromatic N) is 2. The Balaban J connectivity index is 1.98. The smallest absolute Gasteiger partial charge is 0.340 e. The van der Waals surface area contributed by atoms with Crippen LogP contribution in [0, 0.1) is 13.8 Å². The standard InChI is InChI=1S/C25H24N4O7S/c1-12-9-18(30)17(11-27-14-5-7-15(8-6-14)37(26,33)34)22-20(12)24(31)29-21-13(2)19(35-3)10-16(23(21)28-22)25(32)36-4/h5-10,27,30H,11H2,1-4H3,(H2,26,33,34). The maximum Gasteiger partial charge on any atom is 0.340 e. The van der Waals surface area contributed by atoms with E-state index in [4.69, 9.17) is 14.6 Å². The molecule has 0 radical (unpaired) electrons. The Morgan fingerprint density at radius 2 is 1.73 bits per heavy atom. The summed E-state index contributed by atoms with van der Waals surface area (Å²) in [5.41, 5.74) is 1.63. The van der Waals surface area contributed by atoms with E-state index in [1.165, 1.54) is 50.6 Å². The summed E-state index contributed by atoms with van der Waals surface area (Å²) in [5.74, 6) is -0.494. The lowest BCUT2D eigenvalue weighted by Gasteiger charge is -2.12. The van der Waals surface area contributed by atoms with Gasteiger partial charge in [-0.1, -0.05) is 0 Å². The highest BCUT2D eigenvalue weighted by Gasteiger charge is 2.21. The monoisotopic (exact) mass is 524 g/mol. The number of sulfonamides is 1. The zero-order valence-corrected chi connectivity index (χ0v) is 21.3. The zero-order chi connectivity index (χ0) is 27.1. The second-order valence-electron chi connectivity index (χ2n) is 8.31. The molecule has 0 saturated carbocycles. The van der Waals surface area contributed by atoms with Gasteiger partial charge in [0.05, 0.1) is 35.6 Å². The summed E-state index contributed by atoms with van der Waals surface area (Å²) in [6.45, 7) is 3.35. The number of ether oxygens (including phenoxy) is 2. The number of benzene rings is 3. The Bertz CT molecular complexity index is 1740. The van der Waals surface area contributed by atoms with Gasteiger partial charge in [0.25, 0.3) is 5.56 Å². The number of nitrogens with one attached hydrogen (secondary N) is 1. The lowest BCUT2D eigenvalue weighted by Crippen LogP contribution is -2.12. The van der Waals surface area contributed by atoms with Crippen molar-refractivity contribution >= 4 is 43.6 Å². The maximum atomic E-state index is 13.3. The number of carbonyl (C=O) groups is 1. The predicted octanol–water partition coefficient (Wildman–Crippen LogP) is 2.52. The number of methoxy groups -OCH3 is 2. The van der Waals surface area contributed by atoms with Crippen LogP contribution in [0.4, 0.5) is 5.69 Å². The van der Waals surface area contributed by atoms with Crippen molar-refractivity contribution in [1.82, 2.24) is 9.97 Å². The number of fused-ring (bicyclic) bond motifs is 2. The molecule has 0 bridgehead atoms. The van der Waals surface area contributed by atoms with E-state index < -0.39 is 21.6 Å². The molecule has 4 N–H and O–H groups in total. The fourth-order valence-corrected chi connectivity index (χ4v) is 4.59. The fourth-order valence-electron chi connectivity index (χ4n) is 4.07. The molecule has 0 atom stereocenters. The highest BCUT2D eigenvalue weighted by Crippen LogP contribution is 2.32. The third kappa shape index (κ3) is 4.76. The minimum atomic E-state index is -3.85. The molecular weight excluding hydrogens is 500 g/mol. The van der Waals surface area contributed by atoms with Crippen LogP contribution < -0.4 is 20.8 Å². The van der Waals surface area contributed by atoms with Gasteiger partial charge in [0.2, 0.25) is 10.0 Å². The number of phenols is 1. The van der Waals surface area contributed by atoms with Gasteiger partial charge >= 0.3 is 5.97 Å². The van der Waals surface area contributed by atoms with Crippen LogP contribution in [0.25, 0.3) is 21.9 Å². The van der Waals surface area contributed by atoms with E-state index in [1.807, 2.05) is 0 Å². The molecule has 3 aromatic carbocycles. The quantitative estimate of drug-likeness (QED) is 0.318. The highest BCUT2D eigenvalue weighted by molar-refractivity contribution is 7.89. The first-order valence-electron chi connectivity index (χ1n) is 11.0. The fraction of sp³-hybridized carbons (Fsp3) is 0.200. The molecule has 0 unspecified atom stereocenters. The molecule has 4 rings (SSSR count). The summed E-state index contributed by atoms with van der Waals surface area (Å²) in [7, 11) is -1.19. The van der Waals surface area contributed by atoms with Gasteiger partial charge in [-0.15, -0.1) is 0 Å². The van der Waals surface area contributed by atoms with Crippen LogP contribution in [0.5, 0.6) is 11.5 Å². The number of aryl methyl sites for hydroxylation is 2. The molecular formula is C25H24N4O7S. The van der Waals surface area contributed by atoms with Gasteiger partial charge < -0.3 is 19.9 Å². The van der Waals surface area contributed by atoms with Crippen molar-refractivity contribution in [3.05, 3.63) is 69.0 Å². The van der Waals surface area contributed by atoms with Crippen molar-refractivity contribution in [2.45, 2.75) is 25.3 Å². The second-order valence-corrected chi connectivity index (χ2v) is 9.87. The number of anilines is 1. The van der Waals surface area contributed by atoms with Crippen LogP contribution >= 0.6 is 0 Å². The normalized spacial score (nSPS) is 11.5. The summed E-state index contributed by atoms with van der Waals surface area (Å²) < 4.78 is 33.3. The van der Waals surface area contributed by atoms with Gasteiger partial charge in [0.15, 0.2) is 0 Å². The molecule has 0 fully saturated rings. The minimum absolute atomic E-state index is 0.0119. The van der Waals surface area contributed by atoms with Crippen molar-refractivity contribution in [1.29, 1.82) is 0 Å². The predicted molar refractivity (Wildman–Crippen MR) is 137 cm³/mol. The molecule has 4 aromatic rings. The summed E-state index contributed by atoms with van der Waals surface area (Å²) in [4.78, 5) is 34.8. The Kier molecular flexibility index (Phi) is 6.72. The zero-order valence-electron chi connectivity index (χ0n) is 20.4. The van der Waals surface area contributed by atoms with E-state index in [1.54, 1.807) is 13.8 Å².